The molecule has 2 saturated heterocycles. The minimum absolute atomic E-state index is 0.114. The van der Waals surface area contributed by atoms with Gasteiger partial charge in [-0.3, -0.25) is 9.69 Å². The topological polar surface area (TPSA) is 86.6 Å². The van der Waals surface area contributed by atoms with Gasteiger partial charge in [0.1, 0.15) is 18.0 Å². The van der Waals surface area contributed by atoms with E-state index in [0.29, 0.717) is 24.8 Å². The van der Waals surface area contributed by atoms with Crippen LogP contribution in [0.25, 0.3) is 5.57 Å². The van der Waals surface area contributed by atoms with Crippen molar-refractivity contribution in [3.8, 4) is 6.07 Å². The third kappa shape index (κ3) is 5.49. The van der Waals surface area contributed by atoms with E-state index in [1.54, 1.807) is 6.07 Å². The summed E-state index contributed by atoms with van der Waals surface area (Å²) in [6, 6.07) is 6.92. The molecule has 166 valence electrons. The molecule has 0 bridgehead atoms. The highest BCUT2D eigenvalue weighted by atomic mass is 19.1. The third-order valence-electron chi connectivity index (χ3n) is 6.14. The van der Waals surface area contributed by atoms with Crippen LogP contribution in [0.4, 0.5) is 4.39 Å². The van der Waals surface area contributed by atoms with Crippen molar-refractivity contribution in [2.24, 2.45) is 0 Å². The fourth-order valence-electron chi connectivity index (χ4n) is 4.12. The number of carbonyl (C=O) groups is 1. The first-order chi connectivity index (χ1) is 15.1. The molecule has 2 N–H and O–H groups in total. The molecule has 3 heterocycles. The highest BCUT2D eigenvalue weighted by molar-refractivity contribution is 5.81. The summed E-state index contributed by atoms with van der Waals surface area (Å²) < 4.78 is 25.6. The van der Waals surface area contributed by atoms with Crippen LogP contribution in [-0.4, -0.2) is 75.0 Å². The van der Waals surface area contributed by atoms with Crippen LogP contribution < -0.4 is 10.6 Å². The first-order valence-electron chi connectivity index (χ1n) is 11.0. The van der Waals surface area contributed by atoms with Crippen LogP contribution in [0.3, 0.4) is 0 Å². The van der Waals surface area contributed by atoms with Gasteiger partial charge >= 0.3 is 0 Å². The van der Waals surface area contributed by atoms with Crippen molar-refractivity contribution in [3.63, 3.8) is 0 Å². The lowest BCUT2D eigenvalue weighted by Crippen LogP contribution is -2.50. The van der Waals surface area contributed by atoms with E-state index in [9.17, 15) is 14.4 Å². The van der Waals surface area contributed by atoms with Crippen molar-refractivity contribution in [2.45, 2.75) is 37.5 Å². The monoisotopic (exact) mass is 428 g/mol. The van der Waals surface area contributed by atoms with Gasteiger partial charge in [-0.05, 0) is 42.2 Å². The standard InChI is InChI=1S/C23H29FN4O3/c24-21-11-17(16-4-7-28(8-5-16)20-14-30-15-20)2-3-18(21)10-19(12-25)27-23(29)22-13-26-6-1-9-31-22/h2-4,11,19-20,22,26H,1,5-10,13-15H2,(H,27,29)/t19-,22?/m0/s1. The van der Waals surface area contributed by atoms with Gasteiger partial charge in [0.25, 0.3) is 5.91 Å². The second-order valence-electron chi connectivity index (χ2n) is 8.28. The zero-order valence-electron chi connectivity index (χ0n) is 17.6. The van der Waals surface area contributed by atoms with Gasteiger partial charge in [0, 0.05) is 32.7 Å². The molecule has 3 aliphatic heterocycles. The Balaban J connectivity index is 1.35. The second-order valence-corrected chi connectivity index (χ2v) is 8.28. The van der Waals surface area contributed by atoms with E-state index in [1.165, 1.54) is 6.07 Å². The van der Waals surface area contributed by atoms with E-state index in [1.807, 2.05) is 6.07 Å². The van der Waals surface area contributed by atoms with Crippen molar-refractivity contribution >= 4 is 11.5 Å². The molecule has 0 aromatic heterocycles. The van der Waals surface area contributed by atoms with E-state index in [2.05, 4.69) is 27.7 Å². The van der Waals surface area contributed by atoms with Crippen molar-refractivity contribution in [1.82, 2.24) is 15.5 Å². The zero-order chi connectivity index (χ0) is 21.6. The number of amides is 1. The van der Waals surface area contributed by atoms with Crippen LogP contribution in [-0.2, 0) is 20.7 Å². The molecule has 0 saturated carbocycles. The minimum Gasteiger partial charge on any atom is -0.378 e. The highest BCUT2D eigenvalue weighted by Gasteiger charge is 2.27. The number of hydrogen-bond donors (Lipinski definition) is 2. The molecule has 7 nitrogen and oxygen atoms in total. The van der Waals surface area contributed by atoms with Gasteiger partial charge in [0.2, 0.25) is 0 Å². The normalized spacial score (nSPS) is 23.7. The van der Waals surface area contributed by atoms with E-state index in [0.717, 1.165) is 56.8 Å². The zero-order valence-corrected chi connectivity index (χ0v) is 17.6. The number of ether oxygens (including phenoxy) is 2. The maximum Gasteiger partial charge on any atom is 0.251 e. The molecule has 2 fully saturated rings. The molecule has 3 aliphatic rings. The number of benzene rings is 1. The summed E-state index contributed by atoms with van der Waals surface area (Å²) in [4.78, 5) is 14.8. The Morgan fingerprint density at radius 1 is 1.42 bits per heavy atom. The number of nitrogens with zero attached hydrogens (tertiary/aromatic N) is 2. The van der Waals surface area contributed by atoms with E-state index >= 15 is 0 Å². The van der Waals surface area contributed by atoms with Crippen LogP contribution in [0, 0.1) is 17.1 Å². The number of nitriles is 1. The van der Waals surface area contributed by atoms with E-state index in [4.69, 9.17) is 9.47 Å². The Hall–Kier alpha value is -2.31. The molecule has 1 aromatic carbocycles. The van der Waals surface area contributed by atoms with E-state index in [-0.39, 0.29) is 18.1 Å². The third-order valence-corrected chi connectivity index (χ3v) is 6.14. The fourth-order valence-corrected chi connectivity index (χ4v) is 4.12. The number of halogens is 1. The minimum atomic E-state index is -0.813. The second kappa shape index (κ2) is 10.3. The molecule has 0 spiro atoms. The van der Waals surface area contributed by atoms with Crippen molar-refractivity contribution in [3.05, 3.63) is 41.2 Å². The van der Waals surface area contributed by atoms with Crippen LogP contribution in [0.5, 0.6) is 0 Å². The van der Waals surface area contributed by atoms with Gasteiger partial charge in [-0.25, -0.2) is 4.39 Å². The number of carbonyl (C=O) groups excluding carboxylic acids is 1. The van der Waals surface area contributed by atoms with Crippen LogP contribution >= 0.6 is 0 Å². The number of nitrogens with one attached hydrogen (secondary N) is 2. The molecule has 2 atom stereocenters. The predicted molar refractivity (Wildman–Crippen MR) is 114 cm³/mol. The molecule has 0 aliphatic carbocycles. The Bertz CT molecular complexity index is 857. The summed E-state index contributed by atoms with van der Waals surface area (Å²) in [6.45, 7) is 5.11. The Labute approximate surface area is 182 Å². The highest BCUT2D eigenvalue weighted by Crippen LogP contribution is 2.26. The van der Waals surface area contributed by atoms with Gasteiger partial charge in [-0.1, -0.05) is 18.2 Å². The lowest BCUT2D eigenvalue weighted by Gasteiger charge is -2.38. The Morgan fingerprint density at radius 3 is 2.97 bits per heavy atom. The smallest absolute Gasteiger partial charge is 0.251 e. The van der Waals surface area contributed by atoms with Crippen LogP contribution in [0.2, 0.25) is 0 Å². The van der Waals surface area contributed by atoms with Gasteiger partial charge < -0.3 is 20.1 Å². The Kier molecular flexibility index (Phi) is 7.30. The van der Waals surface area contributed by atoms with Crippen LogP contribution in [0.1, 0.15) is 24.0 Å². The lowest BCUT2D eigenvalue weighted by molar-refractivity contribution is -0.132. The maximum absolute atomic E-state index is 14.8. The van der Waals surface area contributed by atoms with Crippen molar-refractivity contribution < 1.29 is 18.7 Å². The van der Waals surface area contributed by atoms with Gasteiger partial charge in [0.05, 0.1) is 25.3 Å². The summed E-state index contributed by atoms with van der Waals surface area (Å²) in [5.74, 6) is -0.693. The molecule has 4 rings (SSSR count). The van der Waals surface area contributed by atoms with Gasteiger partial charge in [0.15, 0.2) is 0 Å². The summed E-state index contributed by atoms with van der Waals surface area (Å²) in [5.41, 5.74) is 2.44. The first kappa shape index (κ1) is 21.9. The van der Waals surface area contributed by atoms with Crippen LogP contribution in [0.15, 0.2) is 24.3 Å². The van der Waals surface area contributed by atoms with E-state index < -0.39 is 12.1 Å². The largest absolute Gasteiger partial charge is 0.378 e. The maximum atomic E-state index is 14.8. The number of hydrogen-bond acceptors (Lipinski definition) is 6. The molecule has 1 unspecified atom stereocenters. The van der Waals surface area contributed by atoms with Crippen molar-refractivity contribution in [1.29, 1.82) is 5.26 Å². The number of rotatable bonds is 6. The molecule has 1 amide bonds. The summed E-state index contributed by atoms with van der Waals surface area (Å²) in [5, 5.41) is 15.3. The molecule has 0 radical (unpaired) electrons. The summed E-state index contributed by atoms with van der Waals surface area (Å²) in [6.07, 6.45) is 3.36. The SMILES string of the molecule is N#C[C@H](Cc1ccc(C2=CCN(C3COC3)CC2)cc1F)NC(=O)C1CNCCCO1. The average molecular weight is 429 g/mol. The lowest BCUT2D eigenvalue weighted by atomic mass is 9.95. The predicted octanol–water partition coefficient (Wildman–Crippen LogP) is 1.24. The molecule has 1 aromatic rings. The molecular formula is C23H29FN4O3. The summed E-state index contributed by atoms with van der Waals surface area (Å²) in [7, 11) is 0. The quantitative estimate of drug-likeness (QED) is 0.709. The average Bonchev–Trinajstić information content (AvgIpc) is 3.03. The van der Waals surface area contributed by atoms with Gasteiger partial charge in [-0.15, -0.1) is 0 Å². The van der Waals surface area contributed by atoms with Gasteiger partial charge in [-0.2, -0.15) is 5.26 Å². The Morgan fingerprint density at radius 2 is 2.29 bits per heavy atom. The van der Waals surface area contributed by atoms with Crippen molar-refractivity contribution in [2.75, 3.05) is 46.0 Å². The first-order valence-corrected chi connectivity index (χ1v) is 11.0. The molecule has 31 heavy (non-hydrogen) atoms. The molecule has 8 heteroatoms. The summed E-state index contributed by atoms with van der Waals surface area (Å²) >= 11 is 0. The molecular weight excluding hydrogens is 399 g/mol. The fraction of sp³-hybridized carbons (Fsp3) is 0.565.